The third-order valence-corrected chi connectivity index (χ3v) is 1.76. The highest BCUT2D eigenvalue weighted by Crippen LogP contribution is 2.18. The summed E-state index contributed by atoms with van der Waals surface area (Å²) in [6.45, 7) is 7.00. The second kappa shape index (κ2) is 4.26. The van der Waals surface area contributed by atoms with Crippen molar-refractivity contribution in [2.24, 2.45) is 5.41 Å². The molecule has 4 heteroatoms. The monoisotopic (exact) mass is 196 g/mol. The lowest BCUT2D eigenvalue weighted by Gasteiger charge is -2.17. The maximum Gasteiger partial charge on any atom is 0.254 e. The van der Waals surface area contributed by atoms with Crippen molar-refractivity contribution in [2.75, 3.05) is 6.61 Å². The van der Waals surface area contributed by atoms with E-state index in [9.17, 15) is 4.79 Å². The fourth-order valence-corrected chi connectivity index (χ4v) is 0.891. The van der Waals surface area contributed by atoms with Crippen molar-refractivity contribution in [1.29, 1.82) is 0 Å². The smallest absolute Gasteiger partial charge is 0.254 e. The summed E-state index contributed by atoms with van der Waals surface area (Å²) in [6.07, 6.45) is 2.27. The molecule has 14 heavy (non-hydrogen) atoms. The Balaban J connectivity index is 2.43. The molecule has 0 aliphatic heterocycles. The summed E-state index contributed by atoms with van der Waals surface area (Å²) >= 11 is 0. The number of aromatic nitrogens is 2. The van der Waals surface area contributed by atoms with Crippen LogP contribution in [0.15, 0.2) is 17.2 Å². The number of aromatic amines is 1. The molecule has 0 amide bonds. The molecule has 0 aliphatic rings. The van der Waals surface area contributed by atoms with E-state index in [4.69, 9.17) is 4.74 Å². The Morgan fingerprint density at radius 3 is 2.79 bits per heavy atom. The van der Waals surface area contributed by atoms with Gasteiger partial charge in [0.05, 0.1) is 19.0 Å². The molecule has 1 rings (SSSR count). The van der Waals surface area contributed by atoms with E-state index in [0.29, 0.717) is 12.5 Å². The highest BCUT2D eigenvalue weighted by atomic mass is 16.5. The first-order chi connectivity index (χ1) is 6.47. The molecule has 1 aromatic heterocycles. The third-order valence-electron chi connectivity index (χ3n) is 1.76. The zero-order valence-corrected chi connectivity index (χ0v) is 8.83. The van der Waals surface area contributed by atoms with Crippen LogP contribution >= 0.6 is 0 Å². The first-order valence-corrected chi connectivity index (χ1v) is 4.65. The summed E-state index contributed by atoms with van der Waals surface area (Å²) < 4.78 is 5.33. The van der Waals surface area contributed by atoms with E-state index in [-0.39, 0.29) is 11.0 Å². The lowest BCUT2D eigenvalue weighted by molar-refractivity contribution is 0.236. The molecule has 0 unspecified atom stereocenters. The van der Waals surface area contributed by atoms with Gasteiger partial charge in [0.1, 0.15) is 0 Å². The van der Waals surface area contributed by atoms with Crippen LogP contribution in [0.4, 0.5) is 0 Å². The summed E-state index contributed by atoms with van der Waals surface area (Å²) in [7, 11) is 0. The quantitative estimate of drug-likeness (QED) is 0.798. The van der Waals surface area contributed by atoms with Crippen LogP contribution in [0.5, 0.6) is 5.88 Å². The maximum atomic E-state index is 10.9. The minimum atomic E-state index is -0.189. The van der Waals surface area contributed by atoms with Crippen LogP contribution in [-0.2, 0) is 0 Å². The number of H-pyrrole nitrogens is 1. The lowest BCUT2D eigenvalue weighted by Crippen LogP contribution is -2.13. The summed E-state index contributed by atoms with van der Waals surface area (Å²) in [5.41, 5.74) is 0.0482. The van der Waals surface area contributed by atoms with Gasteiger partial charge in [-0.2, -0.15) is 0 Å². The van der Waals surface area contributed by atoms with Crippen LogP contribution < -0.4 is 10.3 Å². The van der Waals surface area contributed by atoms with Crippen molar-refractivity contribution >= 4 is 0 Å². The molecule has 0 atom stereocenters. The van der Waals surface area contributed by atoms with Gasteiger partial charge in [-0.15, -0.1) is 0 Å². The van der Waals surface area contributed by atoms with Crippen molar-refractivity contribution in [1.82, 2.24) is 9.97 Å². The predicted molar refractivity (Wildman–Crippen MR) is 54.4 cm³/mol. The van der Waals surface area contributed by atoms with E-state index < -0.39 is 0 Å². The van der Waals surface area contributed by atoms with E-state index in [1.165, 1.54) is 12.4 Å². The summed E-state index contributed by atoms with van der Waals surface area (Å²) in [4.78, 5) is 17.2. The lowest BCUT2D eigenvalue weighted by atomic mass is 9.93. The van der Waals surface area contributed by atoms with Crippen molar-refractivity contribution < 1.29 is 4.74 Å². The Labute approximate surface area is 83.3 Å². The summed E-state index contributed by atoms with van der Waals surface area (Å²) in [5.74, 6) is 0.387. The molecule has 0 spiro atoms. The highest BCUT2D eigenvalue weighted by Gasteiger charge is 2.09. The zero-order chi connectivity index (χ0) is 10.6. The van der Waals surface area contributed by atoms with E-state index >= 15 is 0 Å². The average molecular weight is 196 g/mol. The number of hydrogen-bond donors (Lipinski definition) is 1. The number of nitrogens with zero attached hydrogens (tertiary/aromatic N) is 1. The molecule has 1 aromatic rings. The van der Waals surface area contributed by atoms with Gasteiger partial charge in [0.2, 0.25) is 5.88 Å². The molecule has 0 bridgehead atoms. The third kappa shape index (κ3) is 4.07. The molecule has 0 fully saturated rings. The van der Waals surface area contributed by atoms with Gasteiger partial charge in [0.15, 0.2) is 0 Å². The number of ether oxygens (including phenoxy) is 1. The SMILES string of the molecule is CC(C)(C)CCOc1cc(=O)[nH]cn1. The first kappa shape index (κ1) is 10.8. The van der Waals surface area contributed by atoms with Gasteiger partial charge in [-0.1, -0.05) is 20.8 Å². The van der Waals surface area contributed by atoms with Crippen LogP contribution in [0.3, 0.4) is 0 Å². The first-order valence-electron chi connectivity index (χ1n) is 4.65. The maximum absolute atomic E-state index is 10.9. The molecule has 0 saturated heterocycles. The molecule has 0 saturated carbocycles. The van der Waals surface area contributed by atoms with Crippen molar-refractivity contribution in [3.8, 4) is 5.88 Å². The van der Waals surface area contributed by atoms with E-state index in [1.54, 1.807) is 0 Å². The van der Waals surface area contributed by atoms with Gasteiger partial charge in [-0.3, -0.25) is 4.79 Å². The van der Waals surface area contributed by atoms with Crippen LogP contribution in [0.2, 0.25) is 0 Å². The molecular formula is C10H16N2O2. The second-order valence-electron chi connectivity index (χ2n) is 4.41. The number of hydrogen-bond acceptors (Lipinski definition) is 3. The van der Waals surface area contributed by atoms with E-state index in [1.807, 2.05) is 0 Å². The molecule has 0 radical (unpaired) electrons. The van der Waals surface area contributed by atoms with Gasteiger partial charge < -0.3 is 9.72 Å². The highest BCUT2D eigenvalue weighted by molar-refractivity contribution is 5.04. The van der Waals surface area contributed by atoms with E-state index in [0.717, 1.165) is 6.42 Å². The molecule has 4 nitrogen and oxygen atoms in total. The molecule has 78 valence electrons. The normalized spacial score (nSPS) is 11.4. The molecule has 1 heterocycles. The minimum absolute atomic E-state index is 0.189. The molecule has 1 N–H and O–H groups in total. The Hall–Kier alpha value is -1.32. The Bertz CT molecular complexity index is 338. The van der Waals surface area contributed by atoms with Gasteiger partial charge in [0, 0.05) is 0 Å². The van der Waals surface area contributed by atoms with Gasteiger partial charge in [-0.25, -0.2) is 4.98 Å². The number of nitrogens with one attached hydrogen (secondary N) is 1. The van der Waals surface area contributed by atoms with Gasteiger partial charge in [-0.05, 0) is 11.8 Å². The summed E-state index contributed by atoms with van der Waals surface area (Å²) in [5, 5.41) is 0. The zero-order valence-electron chi connectivity index (χ0n) is 8.83. The minimum Gasteiger partial charge on any atom is -0.477 e. The fourth-order valence-electron chi connectivity index (χ4n) is 0.891. The van der Waals surface area contributed by atoms with Crippen molar-refractivity contribution in [3.63, 3.8) is 0 Å². The van der Waals surface area contributed by atoms with E-state index in [2.05, 4.69) is 30.7 Å². The second-order valence-corrected chi connectivity index (χ2v) is 4.41. The Kier molecular flexibility index (Phi) is 3.28. The van der Waals surface area contributed by atoms with Crippen molar-refractivity contribution in [3.05, 3.63) is 22.7 Å². The standard InChI is InChI=1S/C10H16N2O2/c1-10(2,3)4-5-14-9-6-8(13)11-7-12-9/h6-7H,4-5H2,1-3H3,(H,11,12,13). The van der Waals surface area contributed by atoms with Crippen molar-refractivity contribution in [2.45, 2.75) is 27.2 Å². The van der Waals surface area contributed by atoms with Crippen LogP contribution in [0.1, 0.15) is 27.2 Å². The molecule has 0 aliphatic carbocycles. The Morgan fingerprint density at radius 2 is 2.21 bits per heavy atom. The largest absolute Gasteiger partial charge is 0.477 e. The summed E-state index contributed by atoms with van der Waals surface area (Å²) in [6, 6.07) is 1.35. The average Bonchev–Trinajstić information content (AvgIpc) is 2.01. The van der Waals surface area contributed by atoms with Crippen LogP contribution in [-0.4, -0.2) is 16.6 Å². The van der Waals surface area contributed by atoms with Crippen LogP contribution in [0.25, 0.3) is 0 Å². The topological polar surface area (TPSA) is 55.0 Å². The predicted octanol–water partition coefficient (Wildman–Crippen LogP) is 1.58. The molecule has 0 aromatic carbocycles. The van der Waals surface area contributed by atoms with Gasteiger partial charge in [0.25, 0.3) is 5.56 Å². The van der Waals surface area contributed by atoms with Crippen LogP contribution in [0, 0.1) is 5.41 Å². The number of rotatable bonds is 3. The fraction of sp³-hybridized carbons (Fsp3) is 0.600. The molecular weight excluding hydrogens is 180 g/mol. The Morgan fingerprint density at radius 1 is 1.50 bits per heavy atom. The van der Waals surface area contributed by atoms with Gasteiger partial charge >= 0.3 is 0 Å².